The minimum Gasteiger partial charge on any atom is -0.359 e. The fraction of sp³-hybridized carbons (Fsp3) is 0.357. The molecule has 0 spiro atoms. The molecule has 1 atom stereocenters. The average Bonchev–Trinajstić information content (AvgIpc) is 2.67. The minimum absolute atomic E-state index is 0.128. The molecule has 1 heterocycles. The first kappa shape index (κ1) is 12.6. The van der Waals surface area contributed by atoms with Crippen LogP contribution in [0.1, 0.15) is 19.5 Å². The number of aromatic amines is 1. The van der Waals surface area contributed by atoms with Gasteiger partial charge >= 0.3 is 0 Å². The van der Waals surface area contributed by atoms with Gasteiger partial charge in [0.05, 0.1) is 6.04 Å². The second kappa shape index (κ2) is 4.82. The summed E-state index contributed by atoms with van der Waals surface area (Å²) in [6.45, 7) is 5.87. The highest BCUT2D eigenvalue weighted by atomic mass is 16.2. The number of benzene rings is 1. The normalized spacial score (nSPS) is 12.9. The maximum atomic E-state index is 11.9. The summed E-state index contributed by atoms with van der Waals surface area (Å²) in [5.74, 6) is -0.0140. The molecule has 1 aromatic heterocycles. The lowest BCUT2D eigenvalue weighted by atomic mass is 10.0. The summed E-state index contributed by atoms with van der Waals surface area (Å²) < 4.78 is 0. The van der Waals surface area contributed by atoms with E-state index in [0.717, 1.165) is 22.3 Å². The lowest BCUT2D eigenvalue weighted by molar-refractivity contribution is -0.118. The molecule has 18 heavy (non-hydrogen) atoms. The summed E-state index contributed by atoms with van der Waals surface area (Å²) >= 11 is 0. The number of hydrogen-bond acceptors (Lipinski definition) is 2. The first-order chi connectivity index (χ1) is 8.47. The van der Waals surface area contributed by atoms with Crippen molar-refractivity contribution in [2.45, 2.75) is 26.8 Å². The van der Waals surface area contributed by atoms with E-state index >= 15 is 0 Å². The summed E-state index contributed by atoms with van der Waals surface area (Å²) in [7, 11) is 0. The summed E-state index contributed by atoms with van der Waals surface area (Å²) in [6, 6.07) is 7.35. The lowest BCUT2D eigenvalue weighted by Crippen LogP contribution is -2.39. The van der Waals surface area contributed by atoms with Gasteiger partial charge in [-0.2, -0.15) is 0 Å². The van der Waals surface area contributed by atoms with Crippen molar-refractivity contribution >= 4 is 22.5 Å². The van der Waals surface area contributed by atoms with Crippen molar-refractivity contribution in [3.63, 3.8) is 0 Å². The number of fused-ring (bicyclic) bond motifs is 1. The Labute approximate surface area is 107 Å². The van der Waals surface area contributed by atoms with E-state index in [1.165, 1.54) is 0 Å². The highest BCUT2D eigenvalue weighted by Gasteiger charge is 2.17. The molecule has 0 radical (unpaired) electrons. The standard InChI is InChI=1S/C14H19N3O/c1-8(2)13(15)14(18)17-11-4-5-12-10(7-11)6-9(3)16-12/h4-8,13,16H,15H2,1-3H3,(H,17,18). The molecular formula is C14H19N3O. The van der Waals surface area contributed by atoms with Gasteiger partial charge in [0, 0.05) is 22.3 Å². The maximum absolute atomic E-state index is 11.9. The van der Waals surface area contributed by atoms with Gasteiger partial charge in [-0.15, -0.1) is 0 Å². The van der Waals surface area contributed by atoms with Crippen molar-refractivity contribution in [1.82, 2.24) is 4.98 Å². The molecule has 1 unspecified atom stereocenters. The van der Waals surface area contributed by atoms with E-state index in [-0.39, 0.29) is 11.8 Å². The molecule has 2 aromatic rings. The van der Waals surface area contributed by atoms with E-state index in [2.05, 4.69) is 10.3 Å². The van der Waals surface area contributed by atoms with Crippen LogP contribution in [0.4, 0.5) is 5.69 Å². The Hall–Kier alpha value is -1.81. The highest BCUT2D eigenvalue weighted by Crippen LogP contribution is 2.20. The van der Waals surface area contributed by atoms with Crippen molar-refractivity contribution in [2.24, 2.45) is 11.7 Å². The van der Waals surface area contributed by atoms with Crippen molar-refractivity contribution in [3.05, 3.63) is 30.0 Å². The number of nitrogens with one attached hydrogen (secondary N) is 2. The number of nitrogens with two attached hydrogens (primary N) is 1. The van der Waals surface area contributed by atoms with E-state index < -0.39 is 6.04 Å². The molecule has 4 heteroatoms. The Morgan fingerprint density at radius 3 is 2.72 bits per heavy atom. The second-order valence-electron chi connectivity index (χ2n) is 5.01. The quantitative estimate of drug-likeness (QED) is 0.777. The number of H-pyrrole nitrogens is 1. The van der Waals surface area contributed by atoms with Gasteiger partial charge in [-0.25, -0.2) is 0 Å². The topological polar surface area (TPSA) is 70.9 Å². The van der Waals surface area contributed by atoms with E-state index in [0.29, 0.717) is 0 Å². The molecule has 4 nitrogen and oxygen atoms in total. The van der Waals surface area contributed by atoms with Crippen LogP contribution in [0.5, 0.6) is 0 Å². The summed E-state index contributed by atoms with van der Waals surface area (Å²) in [4.78, 5) is 15.1. The fourth-order valence-electron chi connectivity index (χ4n) is 1.88. The lowest BCUT2D eigenvalue weighted by Gasteiger charge is -2.15. The SMILES string of the molecule is Cc1cc2cc(NC(=O)C(N)C(C)C)ccc2[nH]1. The molecule has 1 aromatic carbocycles. The molecule has 0 saturated carbocycles. The molecule has 4 N–H and O–H groups in total. The number of carbonyl (C=O) groups is 1. The van der Waals surface area contributed by atoms with E-state index in [1.807, 2.05) is 45.0 Å². The minimum atomic E-state index is -0.478. The van der Waals surface area contributed by atoms with Crippen LogP contribution in [0.2, 0.25) is 0 Å². The number of aromatic nitrogens is 1. The third-order valence-corrected chi connectivity index (χ3v) is 3.04. The first-order valence-corrected chi connectivity index (χ1v) is 6.13. The molecule has 0 aliphatic carbocycles. The Morgan fingerprint density at radius 2 is 2.06 bits per heavy atom. The number of hydrogen-bond donors (Lipinski definition) is 3. The van der Waals surface area contributed by atoms with Crippen LogP contribution in [0.15, 0.2) is 24.3 Å². The van der Waals surface area contributed by atoms with Gasteiger partial charge in [0.15, 0.2) is 0 Å². The zero-order valence-electron chi connectivity index (χ0n) is 10.9. The van der Waals surface area contributed by atoms with Gasteiger partial charge in [0.1, 0.15) is 0 Å². The van der Waals surface area contributed by atoms with Crippen LogP contribution in [0.25, 0.3) is 10.9 Å². The first-order valence-electron chi connectivity index (χ1n) is 6.13. The molecule has 96 valence electrons. The van der Waals surface area contributed by atoms with Gasteiger partial charge in [-0.3, -0.25) is 4.79 Å². The van der Waals surface area contributed by atoms with E-state index in [1.54, 1.807) is 0 Å². The summed E-state index contributed by atoms with van der Waals surface area (Å²) in [5.41, 5.74) is 8.76. The van der Waals surface area contributed by atoms with Crippen molar-refractivity contribution in [1.29, 1.82) is 0 Å². The Bertz CT molecular complexity index is 571. The van der Waals surface area contributed by atoms with Crippen LogP contribution in [-0.2, 0) is 4.79 Å². The summed E-state index contributed by atoms with van der Waals surface area (Å²) in [5, 5.41) is 3.93. The van der Waals surface area contributed by atoms with Crippen LogP contribution in [0.3, 0.4) is 0 Å². The van der Waals surface area contributed by atoms with Gasteiger partial charge in [0.25, 0.3) is 0 Å². The van der Waals surface area contributed by atoms with Gasteiger partial charge in [-0.05, 0) is 37.1 Å². The predicted octanol–water partition coefficient (Wildman–Crippen LogP) is 2.40. The Morgan fingerprint density at radius 1 is 1.33 bits per heavy atom. The van der Waals surface area contributed by atoms with Crippen LogP contribution in [-0.4, -0.2) is 16.9 Å². The third kappa shape index (κ3) is 2.54. The fourth-order valence-corrected chi connectivity index (χ4v) is 1.88. The van der Waals surface area contributed by atoms with Crippen LogP contribution < -0.4 is 11.1 Å². The Balaban J connectivity index is 2.19. The van der Waals surface area contributed by atoms with Crippen LogP contribution >= 0.6 is 0 Å². The number of aryl methyl sites for hydroxylation is 1. The van der Waals surface area contributed by atoms with Crippen molar-refractivity contribution in [2.75, 3.05) is 5.32 Å². The van der Waals surface area contributed by atoms with Crippen LogP contribution in [0, 0.1) is 12.8 Å². The van der Waals surface area contributed by atoms with Gasteiger partial charge < -0.3 is 16.0 Å². The number of anilines is 1. The predicted molar refractivity (Wildman–Crippen MR) is 74.5 cm³/mol. The zero-order chi connectivity index (χ0) is 13.3. The number of rotatable bonds is 3. The monoisotopic (exact) mass is 245 g/mol. The van der Waals surface area contributed by atoms with E-state index in [9.17, 15) is 4.79 Å². The maximum Gasteiger partial charge on any atom is 0.241 e. The average molecular weight is 245 g/mol. The molecule has 1 amide bonds. The molecule has 0 saturated heterocycles. The third-order valence-electron chi connectivity index (χ3n) is 3.04. The zero-order valence-corrected chi connectivity index (χ0v) is 10.9. The Kier molecular flexibility index (Phi) is 3.39. The van der Waals surface area contributed by atoms with Gasteiger partial charge in [0.2, 0.25) is 5.91 Å². The molecular weight excluding hydrogens is 226 g/mol. The summed E-state index contributed by atoms with van der Waals surface area (Å²) in [6.07, 6.45) is 0. The van der Waals surface area contributed by atoms with E-state index in [4.69, 9.17) is 5.73 Å². The second-order valence-corrected chi connectivity index (χ2v) is 5.01. The smallest absolute Gasteiger partial charge is 0.241 e. The highest BCUT2D eigenvalue weighted by molar-refractivity contribution is 5.97. The molecule has 0 fully saturated rings. The molecule has 0 bridgehead atoms. The number of carbonyl (C=O) groups excluding carboxylic acids is 1. The molecule has 2 rings (SSSR count). The van der Waals surface area contributed by atoms with Gasteiger partial charge in [-0.1, -0.05) is 13.8 Å². The number of amides is 1. The van der Waals surface area contributed by atoms with Crippen molar-refractivity contribution in [3.8, 4) is 0 Å². The molecule has 0 aliphatic rings. The van der Waals surface area contributed by atoms with Crippen molar-refractivity contribution < 1.29 is 4.79 Å². The largest absolute Gasteiger partial charge is 0.359 e. The molecule has 0 aliphatic heterocycles.